The van der Waals surface area contributed by atoms with Crippen LogP contribution < -0.4 is 4.74 Å². The second-order valence-electron chi connectivity index (χ2n) is 9.04. The van der Waals surface area contributed by atoms with E-state index < -0.39 is 6.10 Å². The molecule has 4 atom stereocenters. The monoisotopic (exact) mass is 532 g/mol. The van der Waals surface area contributed by atoms with Crippen LogP contribution in [-0.4, -0.2) is 62.7 Å². The molecule has 186 valence electrons. The molecule has 2 aliphatic heterocycles. The number of ether oxygens (including phenoxy) is 3. The molecule has 2 N–H and O–H groups in total. The molecular weight excluding hydrogens is 512 g/mol. The molecular formula is C27H21ClN4O4S. The van der Waals surface area contributed by atoms with Crippen LogP contribution in [0, 0.1) is 0 Å². The first-order chi connectivity index (χ1) is 18.1. The highest BCUT2D eigenvalue weighted by Crippen LogP contribution is 2.33. The number of nitrogens with one attached hydrogen (secondary N) is 1. The molecule has 7 rings (SSSR count). The molecule has 0 amide bonds. The third kappa shape index (κ3) is 4.18. The maximum Gasteiger partial charge on any atom is 0.296 e. The molecule has 0 spiro atoms. The lowest BCUT2D eigenvalue weighted by Crippen LogP contribution is -2.34. The summed E-state index contributed by atoms with van der Waals surface area (Å²) >= 11 is 8.23. The van der Waals surface area contributed by atoms with E-state index in [1.807, 2.05) is 23.7 Å². The summed E-state index contributed by atoms with van der Waals surface area (Å²) in [5.74, 6) is 0. The van der Waals surface area contributed by atoms with Crippen LogP contribution in [0.15, 0.2) is 66.2 Å². The van der Waals surface area contributed by atoms with E-state index in [2.05, 4.69) is 51.4 Å². The molecule has 2 aromatic carbocycles. The fourth-order valence-electron chi connectivity index (χ4n) is 4.83. The Labute approximate surface area is 220 Å². The number of aliphatic hydroxyl groups is 1. The van der Waals surface area contributed by atoms with Gasteiger partial charge in [0.25, 0.3) is 6.01 Å². The highest BCUT2D eigenvalue weighted by Gasteiger charge is 2.48. The predicted molar refractivity (Wildman–Crippen MR) is 141 cm³/mol. The van der Waals surface area contributed by atoms with Crippen molar-refractivity contribution in [3.05, 3.63) is 71.2 Å². The molecule has 37 heavy (non-hydrogen) atoms. The van der Waals surface area contributed by atoms with Gasteiger partial charge in [0.1, 0.15) is 23.3 Å². The lowest BCUT2D eigenvalue weighted by molar-refractivity contribution is 0.00706. The summed E-state index contributed by atoms with van der Waals surface area (Å²) in [6.45, 7) is 0.565. The third-order valence-corrected chi connectivity index (χ3v) is 7.82. The summed E-state index contributed by atoms with van der Waals surface area (Å²) in [6.07, 6.45) is 0.132. The quantitative estimate of drug-likeness (QED) is 0.329. The fraction of sp³-hybridized carbons (Fsp3) is 0.222. The van der Waals surface area contributed by atoms with Crippen LogP contribution in [0.25, 0.3) is 44.1 Å². The second-order valence-corrected chi connectivity index (χ2v) is 10.3. The number of nitrogens with zero attached hydrogens (tertiary/aromatic N) is 3. The fourth-order valence-corrected chi connectivity index (χ4v) is 5.74. The van der Waals surface area contributed by atoms with Crippen molar-refractivity contribution in [2.45, 2.75) is 24.4 Å². The van der Waals surface area contributed by atoms with Crippen LogP contribution in [0.4, 0.5) is 0 Å². The minimum atomic E-state index is -0.633. The number of hydrogen-bond donors (Lipinski definition) is 2. The third-order valence-electron chi connectivity index (χ3n) is 6.71. The number of H-pyrrole nitrogens is 1. The molecule has 2 fully saturated rings. The number of fused-ring (bicyclic) bond motifs is 2. The lowest BCUT2D eigenvalue weighted by Gasteiger charge is -2.15. The average molecular weight is 533 g/mol. The number of benzene rings is 2. The summed E-state index contributed by atoms with van der Waals surface area (Å²) in [7, 11) is 0. The minimum absolute atomic E-state index is 0.243. The van der Waals surface area contributed by atoms with E-state index in [-0.39, 0.29) is 24.9 Å². The zero-order chi connectivity index (χ0) is 24.9. The van der Waals surface area contributed by atoms with Gasteiger partial charge in [-0.05, 0) is 17.2 Å². The Balaban J connectivity index is 1.11. The maximum atomic E-state index is 9.94. The van der Waals surface area contributed by atoms with E-state index in [1.165, 1.54) is 0 Å². The van der Waals surface area contributed by atoms with E-state index in [4.69, 9.17) is 30.8 Å². The Kier molecular flexibility index (Phi) is 5.67. The van der Waals surface area contributed by atoms with Crippen LogP contribution >= 0.6 is 22.9 Å². The van der Waals surface area contributed by atoms with Crippen molar-refractivity contribution in [3.8, 4) is 39.0 Å². The van der Waals surface area contributed by atoms with E-state index in [0.29, 0.717) is 34.5 Å². The van der Waals surface area contributed by atoms with Gasteiger partial charge < -0.3 is 24.3 Å². The molecule has 0 bridgehead atoms. The molecule has 2 unspecified atom stereocenters. The van der Waals surface area contributed by atoms with Gasteiger partial charge in [-0.1, -0.05) is 60.1 Å². The molecule has 2 saturated heterocycles. The molecule has 2 aliphatic rings. The number of imidazole rings is 1. The van der Waals surface area contributed by atoms with E-state index >= 15 is 0 Å². The molecule has 5 aromatic rings. The molecule has 10 heteroatoms. The van der Waals surface area contributed by atoms with Gasteiger partial charge in [-0.3, -0.25) is 0 Å². The van der Waals surface area contributed by atoms with Gasteiger partial charge in [-0.25, -0.2) is 9.97 Å². The van der Waals surface area contributed by atoms with Gasteiger partial charge in [0.15, 0.2) is 11.8 Å². The number of thiazole rings is 1. The molecule has 3 aromatic heterocycles. The number of hydrogen-bond acceptors (Lipinski definition) is 8. The zero-order valence-corrected chi connectivity index (χ0v) is 20.9. The van der Waals surface area contributed by atoms with Crippen molar-refractivity contribution in [1.82, 2.24) is 19.9 Å². The van der Waals surface area contributed by atoms with Crippen molar-refractivity contribution in [1.29, 1.82) is 0 Å². The normalized spacial score (nSPS) is 23.0. The Morgan fingerprint density at radius 1 is 0.919 bits per heavy atom. The van der Waals surface area contributed by atoms with Crippen molar-refractivity contribution in [2.75, 3.05) is 13.2 Å². The number of aliphatic hydroxyl groups excluding tert-OH is 1. The Bertz CT molecular complexity index is 1560. The topological polar surface area (TPSA) is 102 Å². The number of aromatic amines is 1. The van der Waals surface area contributed by atoms with Crippen LogP contribution in [0.5, 0.6) is 6.01 Å². The molecule has 0 saturated carbocycles. The van der Waals surface area contributed by atoms with E-state index in [0.717, 1.165) is 27.3 Å². The Hall–Kier alpha value is -3.34. The van der Waals surface area contributed by atoms with Gasteiger partial charge in [0.05, 0.1) is 29.4 Å². The summed E-state index contributed by atoms with van der Waals surface area (Å²) in [4.78, 5) is 16.7. The van der Waals surface area contributed by atoms with Gasteiger partial charge >= 0.3 is 0 Å². The molecule has 5 heterocycles. The van der Waals surface area contributed by atoms with Gasteiger partial charge in [-0.2, -0.15) is 4.98 Å². The molecule has 0 aliphatic carbocycles. The number of halogens is 1. The lowest BCUT2D eigenvalue weighted by atomic mass is 10.0. The first-order valence-corrected chi connectivity index (χ1v) is 13.1. The highest BCUT2D eigenvalue weighted by atomic mass is 35.5. The number of rotatable bonds is 5. The smallest absolute Gasteiger partial charge is 0.296 e. The van der Waals surface area contributed by atoms with Crippen LogP contribution in [0.2, 0.25) is 5.02 Å². The van der Waals surface area contributed by atoms with Crippen LogP contribution in [0.3, 0.4) is 0 Å². The number of pyridine rings is 1. The van der Waals surface area contributed by atoms with Crippen molar-refractivity contribution in [3.63, 3.8) is 0 Å². The Morgan fingerprint density at radius 3 is 2.35 bits per heavy atom. The summed E-state index contributed by atoms with van der Waals surface area (Å²) < 4.78 is 17.2. The summed E-state index contributed by atoms with van der Waals surface area (Å²) in [5, 5.41) is 13.4. The second kappa shape index (κ2) is 9.20. The maximum absolute atomic E-state index is 9.94. The highest BCUT2D eigenvalue weighted by molar-refractivity contribution is 7.13. The van der Waals surface area contributed by atoms with Crippen molar-refractivity contribution < 1.29 is 19.3 Å². The largest absolute Gasteiger partial charge is 0.456 e. The van der Waals surface area contributed by atoms with Gasteiger partial charge in [0.2, 0.25) is 0 Å². The number of aromatic nitrogens is 4. The minimum Gasteiger partial charge on any atom is -0.456 e. The predicted octanol–water partition coefficient (Wildman–Crippen LogP) is 4.97. The Morgan fingerprint density at radius 2 is 1.62 bits per heavy atom. The standard InChI is InChI=1S/C27H21ClN4O4S/c28-18-11-19-25(32-27(30-19)36-21-13-35-23-20(33)12-34-24(21)23)31-22(18)16-5-1-14(2-6-16)15-3-7-17(8-4-15)26-29-9-10-37-26/h1-11,20-21,23-24,33H,12-13H2,(H,30,31,32)/t20-,21-,23?,24?/m1/s1. The van der Waals surface area contributed by atoms with E-state index in [9.17, 15) is 5.11 Å². The molecule has 8 nitrogen and oxygen atoms in total. The first-order valence-electron chi connectivity index (χ1n) is 11.9. The molecule has 0 radical (unpaired) electrons. The SMILES string of the molecule is O[C@@H]1COC2C1OC[C@H]2Oc1nc2nc(-c3ccc(-c4ccc(-c5nccs5)cc4)cc3)c(Cl)cc2[nH]1. The first kappa shape index (κ1) is 22.8. The summed E-state index contributed by atoms with van der Waals surface area (Å²) in [5.41, 5.74) is 6.02. The summed E-state index contributed by atoms with van der Waals surface area (Å²) in [6, 6.07) is 18.6. The van der Waals surface area contributed by atoms with Gasteiger partial charge in [0, 0.05) is 22.7 Å². The van der Waals surface area contributed by atoms with Crippen LogP contribution in [-0.2, 0) is 9.47 Å². The van der Waals surface area contributed by atoms with Gasteiger partial charge in [-0.15, -0.1) is 11.3 Å². The van der Waals surface area contributed by atoms with Crippen LogP contribution in [0.1, 0.15) is 0 Å². The average Bonchev–Trinajstić information content (AvgIpc) is 3.71. The van der Waals surface area contributed by atoms with E-state index in [1.54, 1.807) is 17.4 Å². The zero-order valence-electron chi connectivity index (χ0n) is 19.4. The van der Waals surface area contributed by atoms with Crippen molar-refractivity contribution >= 4 is 34.1 Å². The van der Waals surface area contributed by atoms with Crippen molar-refractivity contribution in [2.24, 2.45) is 0 Å².